The van der Waals surface area contributed by atoms with Crippen LogP contribution in [-0.4, -0.2) is 28.1 Å². The summed E-state index contributed by atoms with van der Waals surface area (Å²) >= 11 is 0. The highest BCUT2D eigenvalue weighted by molar-refractivity contribution is 6.10. The first-order valence-electron chi connectivity index (χ1n) is 16.9. The molecule has 0 N–H and O–H groups in total. The number of para-hydroxylation sites is 3. The summed E-state index contributed by atoms with van der Waals surface area (Å²) < 4.78 is 4.53. The Morgan fingerprint density at radius 1 is 0.571 bits per heavy atom. The normalized spacial score (nSPS) is 12.7. The molecular weight excluding hydrogens is 599 g/mol. The quantitative estimate of drug-likeness (QED) is 0.188. The van der Waals surface area contributed by atoms with Crippen LogP contribution >= 0.6 is 0 Å². The van der Waals surface area contributed by atoms with Crippen LogP contribution in [0.3, 0.4) is 0 Å². The second-order valence-corrected chi connectivity index (χ2v) is 13.3. The van der Waals surface area contributed by atoms with Gasteiger partial charge in [0.25, 0.3) is 0 Å². The molecule has 9 rings (SSSR count). The molecule has 0 aliphatic carbocycles. The summed E-state index contributed by atoms with van der Waals surface area (Å²) in [7, 11) is 2.16. The molecule has 0 saturated heterocycles. The van der Waals surface area contributed by atoms with Crippen molar-refractivity contribution in [2.75, 3.05) is 23.5 Å². The molecule has 2 aromatic heterocycles. The second kappa shape index (κ2) is 11.3. The zero-order valence-electron chi connectivity index (χ0n) is 28.2. The molecule has 0 radical (unpaired) electrons. The molecule has 0 unspecified atom stereocenters. The van der Waals surface area contributed by atoms with Gasteiger partial charge in [0.15, 0.2) is 0 Å². The number of nitrogens with zero attached hydrogens (tertiary/aromatic N) is 5. The third kappa shape index (κ3) is 4.65. The lowest BCUT2D eigenvalue weighted by Gasteiger charge is -2.21. The van der Waals surface area contributed by atoms with Crippen molar-refractivity contribution in [1.29, 1.82) is 0 Å². The van der Waals surface area contributed by atoms with Gasteiger partial charge in [-0.25, -0.2) is 4.68 Å². The Bertz CT molecular complexity index is 2510. The third-order valence-electron chi connectivity index (χ3n) is 10.0. The van der Waals surface area contributed by atoms with E-state index in [9.17, 15) is 0 Å². The number of aryl methyl sites for hydroxylation is 3. The summed E-state index contributed by atoms with van der Waals surface area (Å²) in [5.74, 6) is 0. The average Bonchev–Trinajstić information content (AvgIpc) is 3.80. The topological polar surface area (TPSA) is 29.2 Å². The van der Waals surface area contributed by atoms with E-state index in [1.807, 2.05) is 6.20 Å². The van der Waals surface area contributed by atoms with E-state index in [1.54, 1.807) is 0 Å². The van der Waals surface area contributed by atoms with Gasteiger partial charge in [-0.2, -0.15) is 5.10 Å². The van der Waals surface area contributed by atoms with Gasteiger partial charge in [0.1, 0.15) is 0 Å². The number of anilines is 3. The first-order valence-corrected chi connectivity index (χ1v) is 16.9. The maximum Gasteiger partial charge on any atom is 0.0950 e. The van der Waals surface area contributed by atoms with Crippen LogP contribution in [0.4, 0.5) is 17.1 Å². The van der Waals surface area contributed by atoms with E-state index < -0.39 is 0 Å². The number of fused-ring (bicyclic) bond motifs is 4. The number of aromatic nitrogens is 3. The van der Waals surface area contributed by atoms with Gasteiger partial charge in [0.2, 0.25) is 0 Å². The summed E-state index contributed by atoms with van der Waals surface area (Å²) in [6.07, 6.45) is 2.04. The number of rotatable bonds is 5. The van der Waals surface area contributed by atoms with Gasteiger partial charge in [-0.15, -0.1) is 0 Å². The monoisotopic (exact) mass is 635 g/mol. The average molecular weight is 636 g/mol. The Balaban J connectivity index is 1.25. The molecule has 1 aliphatic rings. The lowest BCUT2D eigenvalue weighted by molar-refractivity contribution is 0.889. The minimum Gasteiger partial charge on any atom is -0.355 e. The second-order valence-electron chi connectivity index (χ2n) is 13.3. The van der Waals surface area contributed by atoms with Gasteiger partial charge in [0.05, 0.1) is 46.7 Å². The van der Waals surface area contributed by atoms with Crippen LogP contribution in [0.1, 0.15) is 16.7 Å². The Morgan fingerprint density at radius 3 is 2.08 bits per heavy atom. The third-order valence-corrected chi connectivity index (χ3v) is 10.0. The first kappa shape index (κ1) is 29.1. The van der Waals surface area contributed by atoms with Crippen LogP contribution in [0.5, 0.6) is 0 Å². The predicted octanol–water partition coefficient (Wildman–Crippen LogP) is 10.8. The standard InChI is InChI=1S/C44H37N5/c1-29-23-30(2)43(31(3)24-29)38-27-45-49(44(38)32-13-6-5-7-14-32)35-21-22-37-36-17-8-9-18-39(36)48(42(37)26-35)34-16-12-15-33(25-34)47-28-46(4)40-19-10-11-20-41(40)47/h5-27H,28H2,1-4H3. The van der Waals surface area contributed by atoms with Crippen LogP contribution in [0.25, 0.3) is 55.6 Å². The zero-order valence-corrected chi connectivity index (χ0v) is 28.2. The van der Waals surface area contributed by atoms with E-state index in [1.165, 1.54) is 55.6 Å². The number of benzene rings is 6. The molecule has 0 amide bonds. The summed E-state index contributed by atoms with van der Waals surface area (Å²) in [5, 5.41) is 7.55. The van der Waals surface area contributed by atoms with Gasteiger partial charge in [-0.3, -0.25) is 0 Å². The van der Waals surface area contributed by atoms with Crippen LogP contribution in [-0.2, 0) is 0 Å². The molecule has 0 bridgehead atoms. The summed E-state index contributed by atoms with van der Waals surface area (Å²) in [5.41, 5.74) is 16.5. The Kier molecular flexibility index (Phi) is 6.70. The van der Waals surface area contributed by atoms with E-state index in [2.05, 4.69) is 180 Å². The molecule has 0 fully saturated rings. The van der Waals surface area contributed by atoms with Crippen LogP contribution in [0, 0.1) is 20.8 Å². The fourth-order valence-corrected chi connectivity index (χ4v) is 7.98. The molecule has 0 saturated carbocycles. The fourth-order valence-electron chi connectivity index (χ4n) is 7.98. The highest BCUT2D eigenvalue weighted by Crippen LogP contribution is 2.42. The van der Waals surface area contributed by atoms with Crippen molar-refractivity contribution < 1.29 is 0 Å². The molecule has 0 atom stereocenters. The molecule has 0 spiro atoms. The summed E-state index contributed by atoms with van der Waals surface area (Å²) in [4.78, 5) is 4.70. The van der Waals surface area contributed by atoms with E-state index >= 15 is 0 Å². The summed E-state index contributed by atoms with van der Waals surface area (Å²) in [6.45, 7) is 7.39. The van der Waals surface area contributed by atoms with Crippen molar-refractivity contribution in [2.45, 2.75) is 20.8 Å². The lowest BCUT2D eigenvalue weighted by atomic mass is 9.92. The van der Waals surface area contributed by atoms with E-state index in [0.29, 0.717) is 0 Å². The minimum atomic E-state index is 0.809. The lowest BCUT2D eigenvalue weighted by Crippen LogP contribution is -2.24. The highest BCUT2D eigenvalue weighted by Gasteiger charge is 2.25. The Hall–Kier alpha value is -6.07. The fraction of sp³-hybridized carbons (Fsp3) is 0.114. The first-order chi connectivity index (χ1) is 24.0. The number of hydrogen-bond donors (Lipinski definition) is 0. The van der Waals surface area contributed by atoms with Crippen molar-refractivity contribution in [1.82, 2.24) is 14.3 Å². The predicted molar refractivity (Wildman–Crippen MR) is 205 cm³/mol. The maximum absolute atomic E-state index is 5.10. The Labute approximate surface area is 286 Å². The Morgan fingerprint density at radius 2 is 1.27 bits per heavy atom. The molecule has 8 aromatic rings. The van der Waals surface area contributed by atoms with Crippen molar-refractivity contribution in [3.05, 3.63) is 156 Å². The molecule has 49 heavy (non-hydrogen) atoms. The van der Waals surface area contributed by atoms with Gasteiger partial charge >= 0.3 is 0 Å². The SMILES string of the molecule is Cc1cc(C)c(-c2cnn(-c3ccc4c5ccccc5n(-c5cccc(N6CN(C)c7ccccc76)c5)c4c3)c2-c2ccccc2)c(C)c1. The van der Waals surface area contributed by atoms with Crippen LogP contribution < -0.4 is 9.80 Å². The summed E-state index contributed by atoms with van der Waals surface area (Å²) in [6, 6.07) is 48.3. The highest BCUT2D eigenvalue weighted by atomic mass is 15.4. The molecule has 1 aliphatic heterocycles. The van der Waals surface area contributed by atoms with Crippen molar-refractivity contribution in [3.63, 3.8) is 0 Å². The van der Waals surface area contributed by atoms with Crippen molar-refractivity contribution in [2.24, 2.45) is 0 Å². The van der Waals surface area contributed by atoms with E-state index in [4.69, 9.17) is 5.10 Å². The molecule has 238 valence electrons. The molecule has 5 heteroatoms. The van der Waals surface area contributed by atoms with Crippen LogP contribution in [0.15, 0.2) is 140 Å². The maximum atomic E-state index is 5.10. The van der Waals surface area contributed by atoms with Gasteiger partial charge in [-0.05, 0) is 86.0 Å². The smallest absolute Gasteiger partial charge is 0.0950 e. The van der Waals surface area contributed by atoms with Crippen molar-refractivity contribution in [3.8, 4) is 33.8 Å². The van der Waals surface area contributed by atoms with Crippen molar-refractivity contribution >= 4 is 38.9 Å². The zero-order chi connectivity index (χ0) is 33.2. The molecule has 6 aromatic carbocycles. The van der Waals surface area contributed by atoms with E-state index in [0.717, 1.165) is 40.4 Å². The molecular formula is C44H37N5. The minimum absolute atomic E-state index is 0.809. The molecule has 3 heterocycles. The molecule has 5 nitrogen and oxygen atoms in total. The van der Waals surface area contributed by atoms with Gasteiger partial charge < -0.3 is 14.4 Å². The number of hydrogen-bond acceptors (Lipinski definition) is 3. The largest absolute Gasteiger partial charge is 0.355 e. The van der Waals surface area contributed by atoms with Gasteiger partial charge in [-0.1, -0.05) is 90.5 Å². The van der Waals surface area contributed by atoms with Crippen LogP contribution in [0.2, 0.25) is 0 Å². The van der Waals surface area contributed by atoms with Gasteiger partial charge in [0, 0.05) is 40.3 Å². The van der Waals surface area contributed by atoms with E-state index in [-0.39, 0.29) is 0 Å².